The van der Waals surface area contributed by atoms with Gasteiger partial charge in [-0.1, -0.05) is 18.2 Å². The zero-order chi connectivity index (χ0) is 15.0. The summed E-state index contributed by atoms with van der Waals surface area (Å²) < 4.78 is 9.87. The highest BCUT2D eigenvalue weighted by Gasteiger charge is 2.27. The summed E-state index contributed by atoms with van der Waals surface area (Å²) in [6.07, 6.45) is 0. The highest BCUT2D eigenvalue weighted by Crippen LogP contribution is 2.14. The first-order valence-electron chi connectivity index (χ1n) is 6.57. The molecule has 0 aliphatic carbocycles. The molecular formula is C15H19NO4. The van der Waals surface area contributed by atoms with Gasteiger partial charge in [-0.15, -0.1) is 0 Å². The van der Waals surface area contributed by atoms with Gasteiger partial charge in [-0.2, -0.15) is 0 Å². The van der Waals surface area contributed by atoms with Crippen molar-refractivity contribution in [2.45, 2.75) is 20.8 Å². The molecule has 0 aliphatic rings. The number of carbonyl (C=O) groups excluding carboxylic acids is 2. The van der Waals surface area contributed by atoms with E-state index in [1.807, 2.05) is 6.07 Å². The van der Waals surface area contributed by atoms with Crippen molar-refractivity contribution >= 4 is 23.3 Å². The molecule has 5 heteroatoms. The molecule has 20 heavy (non-hydrogen) atoms. The van der Waals surface area contributed by atoms with Gasteiger partial charge in [-0.05, 0) is 32.9 Å². The summed E-state index contributed by atoms with van der Waals surface area (Å²) in [4.78, 5) is 27.9. The predicted molar refractivity (Wildman–Crippen MR) is 76.0 cm³/mol. The summed E-state index contributed by atoms with van der Waals surface area (Å²) in [7, 11) is 0. The van der Waals surface area contributed by atoms with Crippen LogP contribution in [0.1, 0.15) is 20.8 Å². The molecule has 1 atom stereocenters. The van der Waals surface area contributed by atoms with E-state index in [1.165, 1.54) is 0 Å². The largest absolute Gasteiger partial charge is 0.465 e. The quantitative estimate of drug-likeness (QED) is 0.592. The lowest BCUT2D eigenvalue weighted by molar-refractivity contribution is -0.146. The fourth-order valence-corrected chi connectivity index (χ4v) is 1.54. The van der Waals surface area contributed by atoms with E-state index in [1.54, 1.807) is 45.0 Å². The average Bonchev–Trinajstić information content (AvgIpc) is 2.45. The molecule has 1 aromatic carbocycles. The zero-order valence-electron chi connectivity index (χ0n) is 12.0. The minimum absolute atomic E-state index is 0.0523. The van der Waals surface area contributed by atoms with Gasteiger partial charge in [0.25, 0.3) is 0 Å². The Morgan fingerprint density at radius 2 is 1.70 bits per heavy atom. The van der Waals surface area contributed by atoms with Crippen LogP contribution in [0, 0.1) is 5.92 Å². The smallest absolute Gasteiger partial charge is 0.353 e. The molecule has 1 unspecified atom stereocenters. The lowest BCUT2D eigenvalue weighted by atomic mass is 10.1. The maximum absolute atomic E-state index is 11.9. The van der Waals surface area contributed by atoms with Crippen LogP contribution in [-0.2, 0) is 19.1 Å². The van der Waals surface area contributed by atoms with E-state index >= 15 is 0 Å². The van der Waals surface area contributed by atoms with Crippen LogP contribution in [0.5, 0.6) is 0 Å². The predicted octanol–water partition coefficient (Wildman–Crippen LogP) is 2.52. The van der Waals surface area contributed by atoms with Gasteiger partial charge in [-0.3, -0.25) is 4.79 Å². The molecule has 0 heterocycles. The van der Waals surface area contributed by atoms with Crippen LogP contribution in [0.25, 0.3) is 0 Å². The number of nitrogens with zero attached hydrogens (tertiary/aromatic N) is 1. The first-order valence-corrected chi connectivity index (χ1v) is 6.57. The Bertz CT molecular complexity index is 482. The third kappa shape index (κ3) is 4.50. The van der Waals surface area contributed by atoms with Crippen LogP contribution >= 0.6 is 0 Å². The topological polar surface area (TPSA) is 65.0 Å². The molecule has 1 rings (SSSR count). The van der Waals surface area contributed by atoms with Gasteiger partial charge in [-0.25, -0.2) is 9.79 Å². The number of para-hydroxylation sites is 1. The standard InChI is InChI=1S/C15H19NO4/c1-4-19-14(17)11(3)13(15(18)20-5-2)16-12-9-7-6-8-10-12/h6-11H,4-5H2,1-3H3/b16-13-. The fraction of sp³-hybridized carbons (Fsp3) is 0.400. The molecule has 0 saturated heterocycles. The van der Waals surface area contributed by atoms with Crippen LogP contribution in [0.4, 0.5) is 5.69 Å². The molecule has 0 aromatic heterocycles. The first kappa shape index (κ1) is 15.9. The van der Waals surface area contributed by atoms with Gasteiger partial charge < -0.3 is 9.47 Å². The van der Waals surface area contributed by atoms with E-state index in [4.69, 9.17) is 9.47 Å². The SMILES string of the molecule is CCOC(=O)/C(=N\c1ccccc1)C(C)C(=O)OCC. The van der Waals surface area contributed by atoms with E-state index in [0.29, 0.717) is 5.69 Å². The van der Waals surface area contributed by atoms with Crippen molar-refractivity contribution in [2.24, 2.45) is 10.9 Å². The molecule has 0 spiro atoms. The minimum atomic E-state index is -0.769. The lowest BCUT2D eigenvalue weighted by Gasteiger charge is -2.12. The van der Waals surface area contributed by atoms with Crippen LogP contribution in [0.3, 0.4) is 0 Å². The minimum Gasteiger partial charge on any atom is -0.465 e. The van der Waals surface area contributed by atoms with E-state index < -0.39 is 17.9 Å². The number of hydrogen-bond donors (Lipinski definition) is 0. The summed E-state index contributed by atoms with van der Waals surface area (Å²) in [5.41, 5.74) is 0.642. The third-order valence-electron chi connectivity index (χ3n) is 2.54. The van der Waals surface area contributed by atoms with Crippen LogP contribution in [0.15, 0.2) is 35.3 Å². The molecule has 0 saturated carbocycles. The van der Waals surface area contributed by atoms with E-state index in [2.05, 4.69) is 4.99 Å². The second-order valence-corrected chi connectivity index (χ2v) is 4.03. The van der Waals surface area contributed by atoms with Crippen molar-refractivity contribution < 1.29 is 19.1 Å². The normalized spacial score (nSPS) is 12.7. The number of benzene rings is 1. The molecule has 0 N–H and O–H groups in total. The van der Waals surface area contributed by atoms with E-state index in [0.717, 1.165) is 0 Å². The highest BCUT2D eigenvalue weighted by molar-refractivity contribution is 6.41. The Labute approximate surface area is 118 Å². The van der Waals surface area contributed by atoms with Gasteiger partial charge in [0.15, 0.2) is 0 Å². The number of carbonyl (C=O) groups is 2. The maximum atomic E-state index is 11.9. The maximum Gasteiger partial charge on any atom is 0.353 e. The van der Waals surface area contributed by atoms with Crippen molar-refractivity contribution in [3.05, 3.63) is 30.3 Å². The van der Waals surface area contributed by atoms with E-state index in [9.17, 15) is 9.59 Å². The molecule has 0 bridgehead atoms. The molecule has 108 valence electrons. The molecule has 5 nitrogen and oxygen atoms in total. The summed E-state index contributed by atoms with van der Waals surface area (Å²) >= 11 is 0. The van der Waals surface area contributed by atoms with E-state index in [-0.39, 0.29) is 18.9 Å². The van der Waals surface area contributed by atoms with Gasteiger partial charge in [0.2, 0.25) is 0 Å². The Balaban J connectivity index is 3.05. The molecule has 0 fully saturated rings. The Morgan fingerprint density at radius 3 is 2.25 bits per heavy atom. The number of aliphatic imine (C=N–C) groups is 1. The van der Waals surface area contributed by atoms with Gasteiger partial charge in [0, 0.05) is 0 Å². The summed E-state index contributed by atoms with van der Waals surface area (Å²) in [5, 5.41) is 0. The van der Waals surface area contributed by atoms with Crippen LogP contribution in [-0.4, -0.2) is 30.9 Å². The Hall–Kier alpha value is -2.17. The van der Waals surface area contributed by atoms with Gasteiger partial charge in [0.05, 0.1) is 18.9 Å². The summed E-state index contributed by atoms with van der Waals surface area (Å²) in [6, 6.07) is 8.94. The second kappa shape index (κ2) is 8.09. The lowest BCUT2D eigenvalue weighted by Crippen LogP contribution is -2.31. The molecule has 0 aliphatic heterocycles. The zero-order valence-corrected chi connectivity index (χ0v) is 12.0. The van der Waals surface area contributed by atoms with Gasteiger partial charge >= 0.3 is 11.9 Å². The van der Waals surface area contributed by atoms with Crippen molar-refractivity contribution in [3.8, 4) is 0 Å². The molecule has 0 radical (unpaired) electrons. The number of esters is 2. The van der Waals surface area contributed by atoms with Crippen molar-refractivity contribution in [1.29, 1.82) is 0 Å². The fourth-order valence-electron chi connectivity index (χ4n) is 1.54. The number of hydrogen-bond acceptors (Lipinski definition) is 5. The van der Waals surface area contributed by atoms with Crippen LogP contribution < -0.4 is 0 Å². The summed E-state index contributed by atoms with van der Waals surface area (Å²) in [6.45, 7) is 5.47. The molecule has 0 amide bonds. The molecule has 1 aromatic rings. The third-order valence-corrected chi connectivity index (χ3v) is 2.54. The second-order valence-electron chi connectivity index (χ2n) is 4.03. The number of ether oxygens (including phenoxy) is 2. The monoisotopic (exact) mass is 277 g/mol. The Kier molecular flexibility index (Phi) is 6.43. The summed E-state index contributed by atoms with van der Waals surface area (Å²) in [5.74, 6) is -1.86. The van der Waals surface area contributed by atoms with Crippen LogP contribution in [0.2, 0.25) is 0 Å². The Morgan fingerprint density at radius 1 is 1.10 bits per heavy atom. The van der Waals surface area contributed by atoms with Gasteiger partial charge in [0.1, 0.15) is 11.6 Å². The van der Waals surface area contributed by atoms with Crippen molar-refractivity contribution in [3.63, 3.8) is 0 Å². The first-order chi connectivity index (χ1) is 9.60. The average molecular weight is 277 g/mol. The molecular weight excluding hydrogens is 258 g/mol. The van der Waals surface area contributed by atoms with Crippen molar-refractivity contribution in [2.75, 3.05) is 13.2 Å². The van der Waals surface area contributed by atoms with Crippen molar-refractivity contribution in [1.82, 2.24) is 0 Å². The highest BCUT2D eigenvalue weighted by atomic mass is 16.5. The number of rotatable bonds is 6.